The first-order valence-corrected chi connectivity index (χ1v) is 5.64. The Morgan fingerprint density at radius 1 is 1.41 bits per heavy atom. The molecule has 2 N–H and O–H groups in total. The predicted octanol–water partition coefficient (Wildman–Crippen LogP) is 0.816. The number of rotatable bonds is 8. The molecule has 17 heavy (non-hydrogen) atoms. The van der Waals surface area contributed by atoms with Crippen molar-refractivity contribution in [3.63, 3.8) is 0 Å². The Bertz CT molecular complexity index is 309. The summed E-state index contributed by atoms with van der Waals surface area (Å²) in [5.41, 5.74) is 0. The maximum Gasteiger partial charge on any atom is 0.218 e. The van der Waals surface area contributed by atoms with Crippen LogP contribution in [0, 0.1) is 0 Å². The molecule has 1 aromatic rings. The maximum atomic E-state index is 8.68. The molecule has 1 aromatic heterocycles. The van der Waals surface area contributed by atoms with Gasteiger partial charge in [-0.25, -0.2) is 4.98 Å². The van der Waals surface area contributed by atoms with Gasteiger partial charge >= 0.3 is 0 Å². The van der Waals surface area contributed by atoms with E-state index in [9.17, 15) is 0 Å². The largest absolute Gasteiger partial charge is 0.477 e. The van der Waals surface area contributed by atoms with E-state index in [0.29, 0.717) is 37.2 Å². The lowest BCUT2D eigenvalue weighted by Gasteiger charge is -2.09. The second-order valence-electron chi connectivity index (χ2n) is 3.40. The van der Waals surface area contributed by atoms with E-state index in [0.717, 1.165) is 6.54 Å². The zero-order valence-corrected chi connectivity index (χ0v) is 10.3. The number of ether oxygens (including phenoxy) is 2. The average Bonchev–Trinajstić information content (AvgIpc) is 2.30. The van der Waals surface area contributed by atoms with Gasteiger partial charge in [0.25, 0.3) is 0 Å². The summed E-state index contributed by atoms with van der Waals surface area (Å²) in [6, 6.07) is 1.74. The first-order chi connectivity index (χ1) is 8.30. The van der Waals surface area contributed by atoms with Crippen molar-refractivity contribution in [2.24, 2.45) is 0 Å². The van der Waals surface area contributed by atoms with Gasteiger partial charge in [0.15, 0.2) is 5.82 Å². The monoisotopic (exact) mass is 241 g/mol. The molecule has 0 radical (unpaired) electrons. The number of aromatic nitrogens is 2. The van der Waals surface area contributed by atoms with E-state index in [4.69, 9.17) is 14.6 Å². The molecule has 1 rings (SSSR count). The molecule has 1 heterocycles. The Kier molecular flexibility index (Phi) is 6.27. The Morgan fingerprint density at radius 2 is 2.24 bits per heavy atom. The molecular formula is C11H19N3O3. The van der Waals surface area contributed by atoms with Gasteiger partial charge in [-0.1, -0.05) is 0 Å². The number of hydrogen-bond donors (Lipinski definition) is 2. The molecule has 0 aromatic carbocycles. The third kappa shape index (κ3) is 4.97. The van der Waals surface area contributed by atoms with Crippen molar-refractivity contribution in [1.82, 2.24) is 9.97 Å². The van der Waals surface area contributed by atoms with Crippen LogP contribution in [0.1, 0.15) is 19.2 Å². The molecule has 0 spiro atoms. The molecule has 0 saturated carbocycles. The lowest BCUT2D eigenvalue weighted by molar-refractivity contribution is 0.175. The van der Waals surface area contributed by atoms with Crippen LogP contribution in [-0.4, -0.2) is 41.9 Å². The van der Waals surface area contributed by atoms with Crippen LogP contribution in [-0.2, 0) is 11.3 Å². The maximum absolute atomic E-state index is 8.68. The van der Waals surface area contributed by atoms with Gasteiger partial charge in [0, 0.05) is 32.7 Å². The second-order valence-corrected chi connectivity index (χ2v) is 3.40. The third-order valence-electron chi connectivity index (χ3n) is 1.93. The van der Waals surface area contributed by atoms with E-state index in [2.05, 4.69) is 15.3 Å². The van der Waals surface area contributed by atoms with Gasteiger partial charge in [-0.2, -0.15) is 4.98 Å². The van der Waals surface area contributed by atoms with Crippen LogP contribution < -0.4 is 10.1 Å². The van der Waals surface area contributed by atoms with Crippen LogP contribution in [0.25, 0.3) is 0 Å². The van der Waals surface area contributed by atoms with Crippen LogP contribution in [0.4, 0.5) is 5.82 Å². The highest BCUT2D eigenvalue weighted by molar-refractivity contribution is 5.38. The van der Waals surface area contributed by atoms with Gasteiger partial charge < -0.3 is 19.9 Å². The summed E-state index contributed by atoms with van der Waals surface area (Å²) in [5.74, 6) is 1.79. The fourth-order valence-corrected chi connectivity index (χ4v) is 1.25. The summed E-state index contributed by atoms with van der Waals surface area (Å²) in [5, 5.41) is 11.8. The molecular weight excluding hydrogens is 222 g/mol. The highest BCUT2D eigenvalue weighted by atomic mass is 16.5. The van der Waals surface area contributed by atoms with Gasteiger partial charge in [-0.05, 0) is 6.92 Å². The van der Waals surface area contributed by atoms with E-state index < -0.39 is 0 Å². The Balaban J connectivity index is 2.72. The molecule has 0 fully saturated rings. The minimum atomic E-state index is 0.107. The normalized spacial score (nSPS) is 10.3. The predicted molar refractivity (Wildman–Crippen MR) is 64.1 cm³/mol. The molecule has 6 heteroatoms. The average molecular weight is 241 g/mol. The summed E-state index contributed by atoms with van der Waals surface area (Å²) in [7, 11) is 1.59. The number of nitrogens with one attached hydrogen (secondary N) is 1. The van der Waals surface area contributed by atoms with E-state index in [-0.39, 0.29) is 6.61 Å². The van der Waals surface area contributed by atoms with Gasteiger partial charge in [0.1, 0.15) is 12.4 Å². The molecule has 0 bridgehead atoms. The number of methoxy groups -OCH3 is 1. The van der Waals surface area contributed by atoms with Crippen molar-refractivity contribution >= 4 is 5.82 Å². The fourth-order valence-electron chi connectivity index (χ4n) is 1.25. The SMILES string of the molecule is CCNc1cc(OCCCO)nc(COC)n1. The van der Waals surface area contributed by atoms with E-state index in [1.54, 1.807) is 13.2 Å². The summed E-state index contributed by atoms with van der Waals surface area (Å²) in [6.07, 6.45) is 0.583. The summed E-state index contributed by atoms with van der Waals surface area (Å²) >= 11 is 0. The quantitative estimate of drug-likeness (QED) is 0.656. The molecule has 0 saturated heterocycles. The van der Waals surface area contributed by atoms with Gasteiger partial charge in [-0.15, -0.1) is 0 Å². The summed E-state index contributed by atoms with van der Waals surface area (Å²) in [4.78, 5) is 8.46. The minimum absolute atomic E-state index is 0.107. The van der Waals surface area contributed by atoms with Gasteiger partial charge in [-0.3, -0.25) is 0 Å². The number of aliphatic hydroxyl groups excluding tert-OH is 1. The lowest BCUT2D eigenvalue weighted by atomic mass is 10.4. The molecule has 0 aliphatic carbocycles. The standard InChI is InChI=1S/C11H19N3O3/c1-3-12-9-7-11(17-6-4-5-15)14-10(13-9)8-16-2/h7,15H,3-6,8H2,1-2H3,(H,12,13,14). The molecule has 0 aliphatic rings. The van der Waals surface area contributed by atoms with Crippen LogP contribution in [0.5, 0.6) is 5.88 Å². The van der Waals surface area contributed by atoms with Crippen molar-refractivity contribution in [1.29, 1.82) is 0 Å². The Labute approximate surface area is 101 Å². The van der Waals surface area contributed by atoms with Crippen LogP contribution in [0.3, 0.4) is 0 Å². The molecule has 0 atom stereocenters. The second kappa shape index (κ2) is 7.81. The lowest BCUT2D eigenvalue weighted by Crippen LogP contribution is -2.08. The molecule has 0 amide bonds. The van der Waals surface area contributed by atoms with Crippen molar-refractivity contribution in [3.8, 4) is 5.88 Å². The summed E-state index contributed by atoms with van der Waals surface area (Å²) < 4.78 is 10.4. The van der Waals surface area contributed by atoms with E-state index in [1.807, 2.05) is 6.92 Å². The zero-order chi connectivity index (χ0) is 12.5. The molecule has 0 aliphatic heterocycles. The summed E-state index contributed by atoms with van der Waals surface area (Å²) in [6.45, 7) is 3.65. The highest BCUT2D eigenvalue weighted by Crippen LogP contribution is 2.14. The smallest absolute Gasteiger partial charge is 0.218 e. The Hall–Kier alpha value is -1.40. The number of aliphatic hydroxyl groups is 1. The number of nitrogens with zero attached hydrogens (tertiary/aromatic N) is 2. The fraction of sp³-hybridized carbons (Fsp3) is 0.636. The van der Waals surface area contributed by atoms with E-state index >= 15 is 0 Å². The topological polar surface area (TPSA) is 76.5 Å². The van der Waals surface area contributed by atoms with Crippen LogP contribution >= 0.6 is 0 Å². The van der Waals surface area contributed by atoms with Crippen LogP contribution in [0.2, 0.25) is 0 Å². The van der Waals surface area contributed by atoms with Crippen molar-refractivity contribution < 1.29 is 14.6 Å². The van der Waals surface area contributed by atoms with Crippen molar-refractivity contribution in [2.75, 3.05) is 32.2 Å². The van der Waals surface area contributed by atoms with Crippen molar-refractivity contribution in [3.05, 3.63) is 11.9 Å². The van der Waals surface area contributed by atoms with Crippen molar-refractivity contribution in [2.45, 2.75) is 20.0 Å². The molecule has 96 valence electrons. The molecule has 6 nitrogen and oxygen atoms in total. The zero-order valence-electron chi connectivity index (χ0n) is 10.3. The number of anilines is 1. The third-order valence-corrected chi connectivity index (χ3v) is 1.93. The van der Waals surface area contributed by atoms with Crippen LogP contribution in [0.15, 0.2) is 6.07 Å². The Morgan fingerprint density at radius 3 is 2.88 bits per heavy atom. The van der Waals surface area contributed by atoms with Gasteiger partial charge in [0.05, 0.1) is 6.61 Å². The molecule has 0 unspecified atom stereocenters. The van der Waals surface area contributed by atoms with E-state index in [1.165, 1.54) is 0 Å². The minimum Gasteiger partial charge on any atom is -0.477 e. The first kappa shape index (κ1) is 13.7. The number of hydrogen-bond acceptors (Lipinski definition) is 6. The van der Waals surface area contributed by atoms with Gasteiger partial charge in [0.2, 0.25) is 5.88 Å². The highest BCUT2D eigenvalue weighted by Gasteiger charge is 2.05. The first-order valence-electron chi connectivity index (χ1n) is 5.64.